The van der Waals surface area contributed by atoms with Gasteiger partial charge in [0.2, 0.25) is 0 Å². The van der Waals surface area contributed by atoms with Crippen molar-refractivity contribution in [3.63, 3.8) is 0 Å². The molecule has 0 bridgehead atoms. The van der Waals surface area contributed by atoms with E-state index in [9.17, 15) is 10.1 Å². The van der Waals surface area contributed by atoms with E-state index in [1.54, 1.807) is 12.1 Å². The van der Waals surface area contributed by atoms with Crippen molar-refractivity contribution in [3.8, 4) is 0 Å². The van der Waals surface area contributed by atoms with E-state index in [4.69, 9.17) is 15.0 Å². The molecule has 5 aromatic carbocycles. The molecule has 7 heteroatoms. The van der Waals surface area contributed by atoms with Crippen LogP contribution in [-0.4, -0.2) is 22.6 Å². The van der Waals surface area contributed by atoms with Gasteiger partial charge in [0.25, 0.3) is 5.69 Å². The molecule has 5 rings (SSSR count). The SMILES string of the molecule is Cc1cccc(C)c1N=CC(=Nc1c(C)cccc1C)C(=Nc1c(C)cccc1C)c1ccccc1Sc1ccc([N+](=O)[O-])cc1. The van der Waals surface area contributed by atoms with Gasteiger partial charge in [-0.1, -0.05) is 84.6 Å². The summed E-state index contributed by atoms with van der Waals surface area (Å²) < 4.78 is 0. The van der Waals surface area contributed by atoms with Crippen LogP contribution in [0, 0.1) is 51.7 Å². The van der Waals surface area contributed by atoms with Gasteiger partial charge in [-0.15, -0.1) is 0 Å². The zero-order chi connectivity index (χ0) is 32.8. The number of rotatable bonds is 9. The van der Waals surface area contributed by atoms with Crippen molar-refractivity contribution in [2.24, 2.45) is 15.0 Å². The topological polar surface area (TPSA) is 80.2 Å². The number of aryl methyl sites for hydroxylation is 6. The Balaban J connectivity index is 1.78. The summed E-state index contributed by atoms with van der Waals surface area (Å²) >= 11 is 1.53. The van der Waals surface area contributed by atoms with E-state index >= 15 is 0 Å². The third kappa shape index (κ3) is 7.38. The molecule has 0 spiro atoms. The lowest BCUT2D eigenvalue weighted by atomic mass is 10.0. The van der Waals surface area contributed by atoms with Crippen LogP contribution >= 0.6 is 11.8 Å². The first-order valence-corrected chi connectivity index (χ1v) is 15.9. The van der Waals surface area contributed by atoms with Crippen LogP contribution in [0.15, 0.2) is 128 Å². The lowest BCUT2D eigenvalue weighted by molar-refractivity contribution is -0.384. The number of non-ortho nitro benzene ring substituents is 1. The van der Waals surface area contributed by atoms with Crippen LogP contribution in [0.5, 0.6) is 0 Å². The Kier molecular flexibility index (Phi) is 10.0. The molecule has 0 heterocycles. The molecule has 0 aliphatic rings. The van der Waals surface area contributed by atoms with Gasteiger partial charge in [0.15, 0.2) is 0 Å². The normalized spacial score (nSPS) is 12.1. The lowest BCUT2D eigenvalue weighted by Crippen LogP contribution is -2.18. The van der Waals surface area contributed by atoms with Gasteiger partial charge in [-0.2, -0.15) is 0 Å². The smallest absolute Gasteiger partial charge is 0.258 e. The van der Waals surface area contributed by atoms with Crippen molar-refractivity contribution in [1.29, 1.82) is 0 Å². The number of benzene rings is 5. The van der Waals surface area contributed by atoms with Gasteiger partial charge >= 0.3 is 0 Å². The Labute approximate surface area is 274 Å². The Morgan fingerprint density at radius 1 is 0.609 bits per heavy atom. The summed E-state index contributed by atoms with van der Waals surface area (Å²) in [4.78, 5) is 28.4. The molecule has 0 unspecified atom stereocenters. The molecule has 0 radical (unpaired) electrons. The van der Waals surface area contributed by atoms with Crippen LogP contribution in [0.3, 0.4) is 0 Å². The van der Waals surface area contributed by atoms with Gasteiger partial charge in [-0.25, -0.2) is 9.98 Å². The fourth-order valence-electron chi connectivity index (χ4n) is 5.24. The Hall–Kier alpha value is -5.14. The maximum absolute atomic E-state index is 11.3. The highest BCUT2D eigenvalue weighted by molar-refractivity contribution is 7.99. The molecule has 0 amide bonds. The molecule has 230 valence electrons. The van der Waals surface area contributed by atoms with E-state index in [1.807, 2.05) is 48.7 Å². The molecule has 6 nitrogen and oxygen atoms in total. The molecule has 0 N–H and O–H groups in total. The number of hydrogen-bond donors (Lipinski definition) is 0. The largest absolute Gasteiger partial charge is 0.269 e. The van der Waals surface area contributed by atoms with Crippen molar-refractivity contribution in [2.75, 3.05) is 0 Å². The Bertz CT molecular complexity index is 1950. The van der Waals surface area contributed by atoms with E-state index in [0.717, 1.165) is 65.8 Å². The summed E-state index contributed by atoms with van der Waals surface area (Å²) in [6.45, 7) is 12.4. The molecule has 0 saturated carbocycles. The maximum atomic E-state index is 11.3. The van der Waals surface area contributed by atoms with Gasteiger partial charge in [0.05, 0.1) is 33.9 Å². The fraction of sp³-hybridized carbons (Fsp3) is 0.154. The van der Waals surface area contributed by atoms with Gasteiger partial charge in [-0.3, -0.25) is 15.1 Å². The summed E-state index contributed by atoms with van der Waals surface area (Å²) in [5.74, 6) is 0. The van der Waals surface area contributed by atoms with E-state index in [2.05, 4.69) is 77.9 Å². The maximum Gasteiger partial charge on any atom is 0.269 e. The Morgan fingerprint density at radius 3 is 1.61 bits per heavy atom. The van der Waals surface area contributed by atoms with Crippen LogP contribution in [0.1, 0.15) is 38.9 Å². The summed E-state index contributed by atoms with van der Waals surface area (Å²) in [6, 6.07) is 33.2. The quantitative estimate of drug-likeness (QED) is 0.0929. The van der Waals surface area contributed by atoms with Crippen LogP contribution < -0.4 is 0 Å². The highest BCUT2D eigenvalue weighted by Gasteiger charge is 2.19. The minimum absolute atomic E-state index is 0.0562. The average molecular weight is 625 g/mol. The number of nitro benzene ring substituents is 1. The number of aliphatic imine (C=N–C) groups is 3. The summed E-state index contributed by atoms with van der Waals surface area (Å²) in [5, 5.41) is 11.3. The van der Waals surface area contributed by atoms with Crippen molar-refractivity contribution >= 4 is 52.1 Å². The van der Waals surface area contributed by atoms with Crippen molar-refractivity contribution in [2.45, 2.75) is 51.3 Å². The minimum atomic E-state index is -0.385. The van der Waals surface area contributed by atoms with Crippen molar-refractivity contribution < 1.29 is 4.92 Å². The zero-order valence-electron chi connectivity index (χ0n) is 26.9. The first-order chi connectivity index (χ1) is 22.1. The third-order valence-corrected chi connectivity index (χ3v) is 8.83. The molecule has 0 saturated heterocycles. The molecular weight excluding hydrogens is 589 g/mol. The molecule has 0 atom stereocenters. The molecule has 0 aliphatic heterocycles. The standard InChI is InChI=1S/C39H36N4O2S/c1-25-12-9-13-26(2)36(25)40-24-34(41-37-27(3)14-10-15-28(37)4)39(42-38-29(5)16-11-17-30(38)6)33-18-7-8-19-35(33)46-32-22-20-31(21-23-32)43(44)45/h7-24H,1-6H3. The van der Waals surface area contributed by atoms with Gasteiger partial charge in [0.1, 0.15) is 5.71 Å². The molecule has 0 fully saturated rings. The number of hydrogen-bond acceptors (Lipinski definition) is 6. The van der Waals surface area contributed by atoms with E-state index in [0.29, 0.717) is 11.4 Å². The predicted octanol–water partition coefficient (Wildman–Crippen LogP) is 10.9. The number of nitro groups is 1. The summed E-state index contributed by atoms with van der Waals surface area (Å²) in [5.41, 5.74) is 11.3. The zero-order valence-corrected chi connectivity index (χ0v) is 27.7. The molecule has 0 aromatic heterocycles. The second-order valence-corrected chi connectivity index (χ2v) is 12.4. The fourth-order valence-corrected chi connectivity index (χ4v) is 6.19. The second-order valence-electron chi connectivity index (χ2n) is 11.3. The van der Waals surface area contributed by atoms with Crippen LogP contribution in [0.4, 0.5) is 22.7 Å². The average Bonchev–Trinajstić information content (AvgIpc) is 3.02. The highest BCUT2D eigenvalue weighted by atomic mass is 32.2. The van der Waals surface area contributed by atoms with E-state index in [-0.39, 0.29) is 10.6 Å². The first-order valence-electron chi connectivity index (χ1n) is 15.0. The lowest BCUT2D eigenvalue weighted by Gasteiger charge is -2.15. The number of para-hydroxylation sites is 3. The van der Waals surface area contributed by atoms with Crippen molar-refractivity contribution in [1.82, 2.24) is 0 Å². The monoisotopic (exact) mass is 624 g/mol. The Morgan fingerprint density at radius 2 is 1.09 bits per heavy atom. The van der Waals surface area contributed by atoms with Crippen LogP contribution in [0.2, 0.25) is 0 Å². The van der Waals surface area contributed by atoms with Gasteiger partial charge < -0.3 is 0 Å². The summed E-state index contributed by atoms with van der Waals surface area (Å²) in [7, 11) is 0. The molecular formula is C39H36N4O2S. The van der Waals surface area contributed by atoms with E-state index < -0.39 is 0 Å². The third-order valence-electron chi connectivity index (χ3n) is 7.75. The van der Waals surface area contributed by atoms with Crippen molar-refractivity contribution in [3.05, 3.63) is 152 Å². The highest BCUT2D eigenvalue weighted by Crippen LogP contribution is 2.34. The molecule has 46 heavy (non-hydrogen) atoms. The molecule has 0 aliphatic carbocycles. The number of nitrogens with zero attached hydrogens (tertiary/aromatic N) is 4. The van der Waals surface area contributed by atoms with Gasteiger partial charge in [0, 0.05) is 27.5 Å². The van der Waals surface area contributed by atoms with Crippen LogP contribution in [0.25, 0.3) is 0 Å². The van der Waals surface area contributed by atoms with E-state index in [1.165, 1.54) is 23.9 Å². The van der Waals surface area contributed by atoms with Crippen LogP contribution in [-0.2, 0) is 0 Å². The predicted molar refractivity (Wildman–Crippen MR) is 193 cm³/mol. The first kappa shape index (κ1) is 32.3. The van der Waals surface area contributed by atoms with Gasteiger partial charge in [-0.05, 0) is 93.1 Å². The summed E-state index contributed by atoms with van der Waals surface area (Å²) in [6.07, 6.45) is 1.83. The second kappa shape index (κ2) is 14.3. The minimum Gasteiger partial charge on any atom is -0.258 e. The molecule has 5 aromatic rings.